The fourth-order valence-corrected chi connectivity index (χ4v) is 3.06. The van der Waals surface area contributed by atoms with Crippen LogP contribution in [0.4, 0.5) is 4.39 Å². The van der Waals surface area contributed by atoms with Gasteiger partial charge >= 0.3 is 0 Å². The number of hydrogen-bond acceptors (Lipinski definition) is 2. The van der Waals surface area contributed by atoms with E-state index in [2.05, 4.69) is 26.8 Å². The van der Waals surface area contributed by atoms with Gasteiger partial charge in [0.15, 0.2) is 0 Å². The summed E-state index contributed by atoms with van der Waals surface area (Å²) in [6, 6.07) is 10.5. The highest BCUT2D eigenvalue weighted by Gasteiger charge is 2.19. The summed E-state index contributed by atoms with van der Waals surface area (Å²) in [6.07, 6.45) is 0.875. The standard InChI is InChI=1S/C19H21FN2O/c1-4-15-9-10-17-18(13-5-7-14(20)8-6-13)16(11-23)19(12(2)3)21-22(15)17/h5-10,12,23H,4,11H2,1-3H3. The minimum Gasteiger partial charge on any atom is -0.392 e. The molecule has 3 aromatic rings. The third-order valence-corrected chi connectivity index (χ3v) is 4.21. The number of aromatic nitrogens is 2. The quantitative estimate of drug-likeness (QED) is 0.779. The fraction of sp³-hybridized carbons (Fsp3) is 0.316. The maximum atomic E-state index is 13.3. The molecule has 0 aliphatic carbocycles. The number of nitrogens with zero attached hydrogens (tertiary/aromatic N) is 2. The Morgan fingerprint density at radius 2 is 1.83 bits per heavy atom. The highest BCUT2D eigenvalue weighted by atomic mass is 19.1. The molecule has 0 fully saturated rings. The summed E-state index contributed by atoms with van der Waals surface area (Å²) >= 11 is 0. The normalized spacial score (nSPS) is 11.6. The van der Waals surface area contributed by atoms with Gasteiger partial charge in [0, 0.05) is 16.8 Å². The van der Waals surface area contributed by atoms with Crippen LogP contribution >= 0.6 is 0 Å². The zero-order chi connectivity index (χ0) is 16.6. The van der Waals surface area contributed by atoms with Gasteiger partial charge < -0.3 is 5.11 Å². The molecule has 0 aliphatic heterocycles. The number of halogens is 1. The van der Waals surface area contributed by atoms with E-state index < -0.39 is 0 Å². The van der Waals surface area contributed by atoms with Gasteiger partial charge in [0.2, 0.25) is 0 Å². The van der Waals surface area contributed by atoms with E-state index >= 15 is 0 Å². The molecule has 0 radical (unpaired) electrons. The summed E-state index contributed by atoms with van der Waals surface area (Å²) in [7, 11) is 0. The molecule has 3 nitrogen and oxygen atoms in total. The van der Waals surface area contributed by atoms with Crippen LogP contribution in [-0.4, -0.2) is 14.7 Å². The van der Waals surface area contributed by atoms with Gasteiger partial charge in [-0.25, -0.2) is 8.91 Å². The number of hydrogen-bond donors (Lipinski definition) is 1. The summed E-state index contributed by atoms with van der Waals surface area (Å²) < 4.78 is 15.2. The average molecular weight is 312 g/mol. The van der Waals surface area contributed by atoms with Crippen LogP contribution in [0.25, 0.3) is 16.6 Å². The van der Waals surface area contributed by atoms with Gasteiger partial charge in [-0.2, -0.15) is 5.10 Å². The van der Waals surface area contributed by atoms with Gasteiger partial charge in [0.05, 0.1) is 17.8 Å². The molecule has 0 unspecified atom stereocenters. The second-order valence-corrected chi connectivity index (χ2v) is 6.03. The third kappa shape index (κ3) is 2.63. The molecule has 0 saturated carbocycles. The van der Waals surface area contributed by atoms with Crippen molar-refractivity contribution in [2.24, 2.45) is 0 Å². The minimum absolute atomic E-state index is 0.0869. The van der Waals surface area contributed by atoms with Crippen LogP contribution in [0.15, 0.2) is 36.4 Å². The summed E-state index contributed by atoms with van der Waals surface area (Å²) in [5, 5.41) is 14.7. The van der Waals surface area contributed by atoms with Crippen LogP contribution in [0.2, 0.25) is 0 Å². The predicted molar refractivity (Wildman–Crippen MR) is 90.0 cm³/mol. The van der Waals surface area contributed by atoms with Gasteiger partial charge in [-0.3, -0.25) is 0 Å². The molecule has 2 aromatic heterocycles. The van der Waals surface area contributed by atoms with Crippen LogP contribution in [0.1, 0.15) is 43.6 Å². The smallest absolute Gasteiger partial charge is 0.123 e. The van der Waals surface area contributed by atoms with Gasteiger partial charge in [-0.05, 0) is 42.2 Å². The lowest BCUT2D eigenvalue weighted by atomic mass is 9.95. The van der Waals surface area contributed by atoms with Gasteiger partial charge in [-0.15, -0.1) is 0 Å². The second-order valence-electron chi connectivity index (χ2n) is 6.03. The van der Waals surface area contributed by atoms with Crippen molar-refractivity contribution in [2.45, 2.75) is 39.7 Å². The minimum atomic E-state index is -0.266. The summed E-state index contributed by atoms with van der Waals surface area (Å²) in [6.45, 7) is 6.14. The van der Waals surface area contributed by atoms with Crippen molar-refractivity contribution in [3.05, 3.63) is 59.2 Å². The van der Waals surface area contributed by atoms with Gasteiger partial charge in [0.1, 0.15) is 5.82 Å². The largest absolute Gasteiger partial charge is 0.392 e. The van der Waals surface area contributed by atoms with Gasteiger partial charge in [-0.1, -0.05) is 32.9 Å². The lowest BCUT2D eigenvalue weighted by Gasteiger charge is -2.18. The molecular weight excluding hydrogens is 291 g/mol. The number of aliphatic hydroxyl groups excluding tert-OH is 1. The zero-order valence-electron chi connectivity index (χ0n) is 13.7. The topological polar surface area (TPSA) is 37.5 Å². The van der Waals surface area contributed by atoms with E-state index in [0.717, 1.165) is 40.0 Å². The monoisotopic (exact) mass is 312 g/mol. The van der Waals surface area contributed by atoms with Crippen molar-refractivity contribution in [1.82, 2.24) is 9.61 Å². The molecule has 0 bridgehead atoms. The molecule has 0 spiro atoms. The zero-order valence-corrected chi connectivity index (χ0v) is 13.7. The molecular formula is C19H21FN2O. The van der Waals surface area contributed by atoms with E-state index in [4.69, 9.17) is 5.10 Å². The summed E-state index contributed by atoms with van der Waals surface area (Å²) in [4.78, 5) is 0. The van der Waals surface area contributed by atoms with Crippen LogP contribution in [0.5, 0.6) is 0 Å². The lowest BCUT2D eigenvalue weighted by molar-refractivity contribution is 0.279. The molecule has 4 heteroatoms. The molecule has 0 saturated heterocycles. The number of aliphatic hydroxyl groups is 1. The van der Waals surface area contributed by atoms with Crippen molar-refractivity contribution < 1.29 is 9.50 Å². The Labute approximate surface area is 135 Å². The van der Waals surface area contributed by atoms with Crippen molar-refractivity contribution in [3.63, 3.8) is 0 Å². The fourth-order valence-electron chi connectivity index (χ4n) is 3.06. The first-order valence-corrected chi connectivity index (χ1v) is 7.97. The molecule has 0 aliphatic rings. The SMILES string of the molecule is CCc1ccc2c(-c3ccc(F)cc3)c(CO)c(C(C)C)nn12. The number of rotatable bonds is 4. The maximum Gasteiger partial charge on any atom is 0.123 e. The molecule has 1 aromatic carbocycles. The van der Waals surface area contributed by atoms with Crippen LogP contribution in [0, 0.1) is 5.82 Å². The molecule has 0 atom stereocenters. The van der Waals surface area contributed by atoms with E-state index in [-0.39, 0.29) is 18.3 Å². The first kappa shape index (κ1) is 15.7. The Kier molecular flexibility index (Phi) is 4.18. The maximum absolute atomic E-state index is 13.3. The first-order valence-electron chi connectivity index (χ1n) is 7.97. The average Bonchev–Trinajstić information content (AvgIpc) is 2.96. The van der Waals surface area contributed by atoms with Crippen molar-refractivity contribution in [1.29, 1.82) is 0 Å². The van der Waals surface area contributed by atoms with E-state index in [1.54, 1.807) is 12.1 Å². The first-order chi connectivity index (χ1) is 11.1. The third-order valence-electron chi connectivity index (χ3n) is 4.21. The van der Waals surface area contributed by atoms with E-state index in [9.17, 15) is 9.50 Å². The van der Waals surface area contributed by atoms with Crippen LogP contribution in [-0.2, 0) is 13.0 Å². The van der Waals surface area contributed by atoms with Crippen LogP contribution in [0.3, 0.4) is 0 Å². The van der Waals surface area contributed by atoms with E-state index in [1.807, 2.05) is 10.6 Å². The van der Waals surface area contributed by atoms with E-state index in [1.165, 1.54) is 12.1 Å². The molecule has 3 rings (SSSR count). The molecule has 120 valence electrons. The molecule has 0 amide bonds. The number of aryl methyl sites for hydroxylation is 1. The van der Waals surface area contributed by atoms with E-state index in [0.29, 0.717) is 0 Å². The Hall–Kier alpha value is -2.20. The number of fused-ring (bicyclic) bond motifs is 1. The van der Waals surface area contributed by atoms with Crippen molar-refractivity contribution in [3.8, 4) is 11.1 Å². The molecule has 1 N–H and O–H groups in total. The van der Waals surface area contributed by atoms with Crippen LogP contribution < -0.4 is 0 Å². The highest BCUT2D eigenvalue weighted by Crippen LogP contribution is 2.34. The molecule has 23 heavy (non-hydrogen) atoms. The van der Waals surface area contributed by atoms with Crippen molar-refractivity contribution in [2.75, 3.05) is 0 Å². The Morgan fingerprint density at radius 3 is 2.39 bits per heavy atom. The Morgan fingerprint density at radius 1 is 1.13 bits per heavy atom. The van der Waals surface area contributed by atoms with Crippen molar-refractivity contribution >= 4 is 5.52 Å². The Bertz CT molecular complexity index is 835. The number of benzene rings is 1. The summed E-state index contributed by atoms with van der Waals surface area (Å²) in [5.41, 5.74) is 5.60. The Balaban J connectivity index is 2.40. The second kappa shape index (κ2) is 6.13. The lowest BCUT2D eigenvalue weighted by Crippen LogP contribution is -2.09. The van der Waals surface area contributed by atoms with Gasteiger partial charge in [0.25, 0.3) is 0 Å². The summed E-state index contributed by atoms with van der Waals surface area (Å²) in [5.74, 6) is -0.0778. The predicted octanol–water partition coefficient (Wildman–Crippen LogP) is 4.32. The highest BCUT2D eigenvalue weighted by molar-refractivity contribution is 5.84. The molecule has 2 heterocycles.